The van der Waals surface area contributed by atoms with Gasteiger partial charge in [0.1, 0.15) is 5.76 Å². The Morgan fingerprint density at radius 1 is 1.57 bits per heavy atom. The molecule has 2 aromatic heterocycles. The highest BCUT2D eigenvalue weighted by Crippen LogP contribution is 2.31. The van der Waals surface area contributed by atoms with Gasteiger partial charge in [-0.05, 0) is 35.0 Å². The van der Waals surface area contributed by atoms with Gasteiger partial charge in [-0.25, -0.2) is 4.98 Å². The van der Waals surface area contributed by atoms with E-state index in [4.69, 9.17) is 10.2 Å². The van der Waals surface area contributed by atoms with Gasteiger partial charge >= 0.3 is 0 Å². The van der Waals surface area contributed by atoms with Gasteiger partial charge in [-0.3, -0.25) is 0 Å². The van der Waals surface area contributed by atoms with Crippen LogP contribution in [0.4, 0.5) is 0 Å². The van der Waals surface area contributed by atoms with Crippen molar-refractivity contribution in [1.82, 2.24) is 4.98 Å². The molecule has 0 spiro atoms. The Morgan fingerprint density at radius 2 is 2.36 bits per heavy atom. The first-order valence-electron chi connectivity index (χ1n) is 4.14. The summed E-state index contributed by atoms with van der Waals surface area (Å²) >= 11 is 4.98. The number of nitrogens with two attached hydrogens (primary N) is 1. The van der Waals surface area contributed by atoms with E-state index in [1.807, 2.05) is 19.1 Å². The summed E-state index contributed by atoms with van der Waals surface area (Å²) in [4.78, 5) is 5.17. The first kappa shape index (κ1) is 9.89. The summed E-state index contributed by atoms with van der Waals surface area (Å²) in [5.41, 5.74) is 5.67. The molecule has 74 valence electrons. The Bertz CT molecular complexity index is 435. The summed E-state index contributed by atoms with van der Waals surface area (Å²) in [6.07, 6.45) is 1.67. The smallest absolute Gasteiger partial charge is 0.236 e. The van der Waals surface area contributed by atoms with Gasteiger partial charge in [0.15, 0.2) is 0 Å². The average molecular weight is 273 g/mol. The zero-order valence-corrected chi connectivity index (χ0v) is 9.93. The average Bonchev–Trinajstić information content (AvgIpc) is 2.70. The normalized spacial score (nSPS) is 13.1. The number of halogens is 1. The number of nitrogens with zero attached hydrogens (tertiary/aromatic N) is 1. The summed E-state index contributed by atoms with van der Waals surface area (Å²) in [5, 5.41) is 0. The highest BCUT2D eigenvalue weighted by molar-refractivity contribution is 9.11. The second-order valence-corrected chi connectivity index (χ2v) is 5.42. The SMILES string of the molecule is CC(N)c1cnc(-c2ccc(Br)s2)o1. The van der Waals surface area contributed by atoms with Crippen LogP contribution in [0.3, 0.4) is 0 Å². The third-order valence-corrected chi connectivity index (χ3v) is 3.37. The molecular weight excluding hydrogens is 264 g/mol. The fourth-order valence-corrected chi connectivity index (χ4v) is 2.36. The second-order valence-electron chi connectivity index (χ2n) is 2.96. The lowest BCUT2D eigenvalue weighted by Crippen LogP contribution is -2.02. The van der Waals surface area contributed by atoms with Crippen molar-refractivity contribution in [2.24, 2.45) is 5.73 Å². The van der Waals surface area contributed by atoms with Crippen LogP contribution < -0.4 is 5.73 Å². The van der Waals surface area contributed by atoms with Crippen molar-refractivity contribution in [2.75, 3.05) is 0 Å². The monoisotopic (exact) mass is 272 g/mol. The lowest BCUT2D eigenvalue weighted by molar-refractivity contribution is 0.489. The van der Waals surface area contributed by atoms with Crippen LogP contribution in [0.25, 0.3) is 10.8 Å². The summed E-state index contributed by atoms with van der Waals surface area (Å²) in [7, 11) is 0. The number of hydrogen-bond donors (Lipinski definition) is 1. The molecule has 1 unspecified atom stereocenters. The Morgan fingerprint density at radius 3 is 2.86 bits per heavy atom. The molecule has 2 rings (SSSR count). The quantitative estimate of drug-likeness (QED) is 0.914. The molecule has 1 atom stereocenters. The first-order chi connectivity index (χ1) is 6.66. The third-order valence-electron chi connectivity index (χ3n) is 1.76. The Balaban J connectivity index is 2.33. The van der Waals surface area contributed by atoms with Gasteiger partial charge in [-0.15, -0.1) is 11.3 Å². The van der Waals surface area contributed by atoms with E-state index in [1.54, 1.807) is 17.5 Å². The predicted octanol–water partition coefficient (Wildman–Crippen LogP) is 3.19. The maximum atomic E-state index is 5.67. The zero-order valence-electron chi connectivity index (χ0n) is 7.53. The largest absolute Gasteiger partial charge is 0.439 e. The van der Waals surface area contributed by atoms with Crippen LogP contribution in [0.15, 0.2) is 26.5 Å². The van der Waals surface area contributed by atoms with Crippen molar-refractivity contribution < 1.29 is 4.42 Å². The highest BCUT2D eigenvalue weighted by Gasteiger charge is 2.10. The molecule has 0 aliphatic heterocycles. The van der Waals surface area contributed by atoms with Crippen LogP contribution in [0, 0.1) is 0 Å². The van der Waals surface area contributed by atoms with Crippen molar-refractivity contribution >= 4 is 27.3 Å². The predicted molar refractivity (Wildman–Crippen MR) is 60.1 cm³/mol. The van der Waals surface area contributed by atoms with Crippen molar-refractivity contribution in [3.63, 3.8) is 0 Å². The standard InChI is InChI=1S/C9H9BrN2OS/c1-5(11)6-4-12-9(13-6)7-2-3-8(10)14-7/h2-5H,11H2,1H3. The van der Waals surface area contributed by atoms with E-state index in [0.29, 0.717) is 11.7 Å². The maximum absolute atomic E-state index is 5.67. The van der Waals surface area contributed by atoms with Gasteiger partial charge in [0.2, 0.25) is 5.89 Å². The van der Waals surface area contributed by atoms with Crippen molar-refractivity contribution in [1.29, 1.82) is 0 Å². The molecule has 0 saturated carbocycles. The summed E-state index contributed by atoms with van der Waals surface area (Å²) in [6.45, 7) is 1.87. The van der Waals surface area contributed by atoms with E-state index < -0.39 is 0 Å². The van der Waals surface area contributed by atoms with Crippen LogP contribution in [0.1, 0.15) is 18.7 Å². The molecule has 14 heavy (non-hydrogen) atoms. The molecule has 0 amide bonds. The van der Waals surface area contributed by atoms with Crippen molar-refractivity contribution in [3.05, 3.63) is 27.9 Å². The molecule has 2 N–H and O–H groups in total. The lowest BCUT2D eigenvalue weighted by atomic mass is 10.3. The molecule has 0 aromatic carbocycles. The minimum Gasteiger partial charge on any atom is -0.439 e. The van der Waals surface area contributed by atoms with E-state index in [9.17, 15) is 0 Å². The van der Waals surface area contributed by atoms with Gasteiger partial charge in [-0.1, -0.05) is 0 Å². The molecule has 0 bridgehead atoms. The summed E-state index contributed by atoms with van der Waals surface area (Å²) in [5.74, 6) is 1.34. The van der Waals surface area contributed by atoms with Gasteiger partial charge in [-0.2, -0.15) is 0 Å². The molecule has 0 fully saturated rings. The van der Waals surface area contributed by atoms with Gasteiger partial charge in [0, 0.05) is 0 Å². The number of hydrogen-bond acceptors (Lipinski definition) is 4. The second kappa shape index (κ2) is 3.84. The molecule has 3 nitrogen and oxygen atoms in total. The number of oxazole rings is 1. The Kier molecular flexibility index (Phi) is 2.71. The van der Waals surface area contributed by atoms with E-state index >= 15 is 0 Å². The lowest BCUT2D eigenvalue weighted by Gasteiger charge is -1.96. The van der Waals surface area contributed by atoms with E-state index in [2.05, 4.69) is 20.9 Å². The van der Waals surface area contributed by atoms with Gasteiger partial charge in [0.05, 0.1) is 20.9 Å². The van der Waals surface area contributed by atoms with Crippen LogP contribution in [-0.4, -0.2) is 4.98 Å². The molecule has 0 aliphatic carbocycles. The molecule has 2 aromatic rings. The molecule has 0 aliphatic rings. The minimum absolute atomic E-state index is 0.111. The van der Waals surface area contributed by atoms with Crippen LogP contribution in [-0.2, 0) is 0 Å². The van der Waals surface area contributed by atoms with Crippen molar-refractivity contribution in [3.8, 4) is 10.8 Å². The fraction of sp³-hybridized carbons (Fsp3) is 0.222. The first-order valence-corrected chi connectivity index (χ1v) is 5.75. The molecule has 5 heteroatoms. The van der Waals surface area contributed by atoms with Gasteiger partial charge < -0.3 is 10.2 Å². The molecule has 0 saturated heterocycles. The summed E-state index contributed by atoms with van der Waals surface area (Å²) in [6, 6.07) is 3.82. The fourth-order valence-electron chi connectivity index (χ4n) is 1.04. The Hall–Kier alpha value is -0.650. The van der Waals surface area contributed by atoms with Crippen LogP contribution >= 0.6 is 27.3 Å². The number of aromatic nitrogens is 1. The minimum atomic E-state index is -0.111. The molecular formula is C9H9BrN2OS. The van der Waals surface area contributed by atoms with Crippen LogP contribution in [0.5, 0.6) is 0 Å². The van der Waals surface area contributed by atoms with E-state index in [1.165, 1.54) is 0 Å². The number of rotatable bonds is 2. The maximum Gasteiger partial charge on any atom is 0.236 e. The number of thiophene rings is 1. The summed E-state index contributed by atoms with van der Waals surface area (Å²) < 4.78 is 6.56. The van der Waals surface area contributed by atoms with Crippen LogP contribution in [0.2, 0.25) is 0 Å². The molecule has 0 radical (unpaired) electrons. The highest BCUT2D eigenvalue weighted by atomic mass is 79.9. The topological polar surface area (TPSA) is 52.0 Å². The van der Waals surface area contributed by atoms with Crippen molar-refractivity contribution in [2.45, 2.75) is 13.0 Å². The Labute approximate surface area is 94.1 Å². The van der Waals surface area contributed by atoms with E-state index in [-0.39, 0.29) is 6.04 Å². The third kappa shape index (κ3) is 1.89. The molecule has 2 heterocycles. The van der Waals surface area contributed by atoms with Gasteiger partial charge in [0.25, 0.3) is 0 Å². The van der Waals surface area contributed by atoms with E-state index in [0.717, 1.165) is 8.66 Å². The zero-order chi connectivity index (χ0) is 10.1.